The van der Waals surface area contributed by atoms with E-state index in [1.165, 1.54) is 29.4 Å². The van der Waals surface area contributed by atoms with E-state index in [4.69, 9.17) is 0 Å². The van der Waals surface area contributed by atoms with Crippen molar-refractivity contribution in [1.82, 2.24) is 15.2 Å². The Bertz CT molecular complexity index is 408. The quantitative estimate of drug-likeness (QED) is 0.839. The summed E-state index contributed by atoms with van der Waals surface area (Å²) in [4.78, 5) is 10.7. The fraction of sp³-hybridized carbons (Fsp3) is 0.812. The van der Waals surface area contributed by atoms with Crippen molar-refractivity contribution in [1.29, 1.82) is 0 Å². The molecule has 21 heavy (non-hydrogen) atoms. The maximum atomic E-state index is 4.62. The first-order valence-electron chi connectivity index (χ1n) is 8.09. The molecule has 1 aromatic rings. The Morgan fingerprint density at radius 1 is 1.38 bits per heavy atom. The maximum Gasteiger partial charge on any atom is 0.185 e. The SMILES string of the molecule is CC(C)CNCc1cnc(N2CCC(CN(C)C)CC2)s1. The standard InChI is InChI=1S/C16H30N4S/c1-13(2)9-17-10-15-11-18-16(21-15)20-7-5-14(6-8-20)12-19(3)4/h11,13-14,17H,5-10,12H2,1-4H3. The number of anilines is 1. The van der Waals surface area contributed by atoms with Crippen LogP contribution in [0.4, 0.5) is 5.13 Å². The van der Waals surface area contributed by atoms with Crippen molar-refractivity contribution in [2.75, 3.05) is 45.2 Å². The summed E-state index contributed by atoms with van der Waals surface area (Å²) < 4.78 is 0. The predicted octanol–water partition coefficient (Wildman–Crippen LogP) is 2.67. The number of piperidine rings is 1. The van der Waals surface area contributed by atoms with Crippen LogP contribution in [0.3, 0.4) is 0 Å². The lowest BCUT2D eigenvalue weighted by Gasteiger charge is -2.32. The first kappa shape index (κ1) is 16.7. The van der Waals surface area contributed by atoms with Crippen LogP contribution >= 0.6 is 11.3 Å². The second kappa shape index (κ2) is 8.11. The Morgan fingerprint density at radius 2 is 2.10 bits per heavy atom. The smallest absolute Gasteiger partial charge is 0.185 e. The summed E-state index contributed by atoms with van der Waals surface area (Å²) in [5.41, 5.74) is 0. The van der Waals surface area contributed by atoms with Gasteiger partial charge < -0.3 is 15.1 Å². The molecule has 120 valence electrons. The summed E-state index contributed by atoms with van der Waals surface area (Å²) in [6.07, 6.45) is 4.62. The van der Waals surface area contributed by atoms with Gasteiger partial charge in [-0.1, -0.05) is 13.8 Å². The number of hydrogen-bond acceptors (Lipinski definition) is 5. The topological polar surface area (TPSA) is 31.4 Å². The van der Waals surface area contributed by atoms with Crippen molar-refractivity contribution in [2.24, 2.45) is 11.8 Å². The number of thiazole rings is 1. The molecule has 0 aliphatic carbocycles. The molecule has 0 aromatic carbocycles. The second-order valence-electron chi connectivity index (χ2n) is 6.83. The Labute approximate surface area is 133 Å². The molecular weight excluding hydrogens is 280 g/mol. The van der Waals surface area contributed by atoms with Gasteiger partial charge in [-0.15, -0.1) is 11.3 Å². The molecule has 0 spiro atoms. The van der Waals surface area contributed by atoms with E-state index in [-0.39, 0.29) is 0 Å². The summed E-state index contributed by atoms with van der Waals surface area (Å²) in [5, 5.41) is 4.70. The Morgan fingerprint density at radius 3 is 2.71 bits per heavy atom. The third-order valence-corrected chi connectivity index (χ3v) is 4.96. The predicted molar refractivity (Wildman–Crippen MR) is 92.1 cm³/mol. The highest BCUT2D eigenvalue weighted by Crippen LogP contribution is 2.27. The van der Waals surface area contributed by atoms with E-state index in [0.717, 1.165) is 32.1 Å². The van der Waals surface area contributed by atoms with Crippen molar-refractivity contribution >= 4 is 16.5 Å². The fourth-order valence-electron chi connectivity index (χ4n) is 2.83. The van der Waals surface area contributed by atoms with Gasteiger partial charge in [0.2, 0.25) is 0 Å². The van der Waals surface area contributed by atoms with Crippen LogP contribution in [0.2, 0.25) is 0 Å². The Balaban J connectivity index is 1.77. The normalized spacial score (nSPS) is 17.1. The first-order chi connectivity index (χ1) is 10.0. The Kier molecular flexibility index (Phi) is 6.45. The molecule has 0 saturated carbocycles. The summed E-state index contributed by atoms with van der Waals surface area (Å²) >= 11 is 1.85. The molecule has 0 bridgehead atoms. The van der Waals surface area contributed by atoms with E-state index in [0.29, 0.717) is 5.92 Å². The monoisotopic (exact) mass is 310 g/mol. The highest BCUT2D eigenvalue weighted by Gasteiger charge is 2.21. The van der Waals surface area contributed by atoms with Crippen LogP contribution in [0.25, 0.3) is 0 Å². The number of aromatic nitrogens is 1. The highest BCUT2D eigenvalue weighted by atomic mass is 32.1. The van der Waals surface area contributed by atoms with Gasteiger partial charge in [-0.2, -0.15) is 0 Å². The average molecular weight is 311 g/mol. The van der Waals surface area contributed by atoms with E-state index >= 15 is 0 Å². The van der Waals surface area contributed by atoms with Crippen LogP contribution in [-0.2, 0) is 6.54 Å². The van der Waals surface area contributed by atoms with Crippen LogP contribution in [0, 0.1) is 11.8 Å². The van der Waals surface area contributed by atoms with E-state index < -0.39 is 0 Å². The van der Waals surface area contributed by atoms with Crippen molar-refractivity contribution in [3.63, 3.8) is 0 Å². The zero-order valence-corrected chi connectivity index (χ0v) is 14.7. The van der Waals surface area contributed by atoms with Crippen LogP contribution < -0.4 is 10.2 Å². The van der Waals surface area contributed by atoms with Gasteiger partial charge in [-0.05, 0) is 45.3 Å². The summed E-state index contributed by atoms with van der Waals surface area (Å²) in [7, 11) is 4.34. The minimum absolute atomic E-state index is 0.702. The lowest BCUT2D eigenvalue weighted by molar-refractivity contribution is 0.285. The number of nitrogens with one attached hydrogen (secondary N) is 1. The van der Waals surface area contributed by atoms with Gasteiger partial charge in [0.1, 0.15) is 0 Å². The van der Waals surface area contributed by atoms with Crippen molar-refractivity contribution in [2.45, 2.75) is 33.2 Å². The third kappa shape index (κ3) is 5.57. The van der Waals surface area contributed by atoms with Gasteiger partial charge in [0.05, 0.1) is 0 Å². The molecule has 0 amide bonds. The largest absolute Gasteiger partial charge is 0.348 e. The molecular formula is C16H30N4S. The molecule has 0 radical (unpaired) electrons. The van der Waals surface area contributed by atoms with Gasteiger partial charge in [0.25, 0.3) is 0 Å². The molecule has 0 atom stereocenters. The molecule has 1 aromatic heterocycles. The zero-order chi connectivity index (χ0) is 15.2. The van der Waals surface area contributed by atoms with E-state index in [1.807, 2.05) is 17.5 Å². The molecule has 1 N–H and O–H groups in total. The molecule has 1 fully saturated rings. The van der Waals surface area contributed by atoms with Crippen LogP contribution in [0.15, 0.2) is 6.20 Å². The molecule has 4 nitrogen and oxygen atoms in total. The van der Waals surface area contributed by atoms with Gasteiger partial charge >= 0.3 is 0 Å². The number of nitrogens with zero attached hydrogens (tertiary/aromatic N) is 3. The highest BCUT2D eigenvalue weighted by molar-refractivity contribution is 7.15. The molecule has 2 heterocycles. The fourth-order valence-corrected chi connectivity index (χ4v) is 3.76. The summed E-state index contributed by atoms with van der Waals surface area (Å²) in [6, 6.07) is 0. The van der Waals surface area contributed by atoms with Gasteiger partial charge in [0, 0.05) is 37.3 Å². The lowest BCUT2D eigenvalue weighted by atomic mass is 9.97. The van der Waals surface area contributed by atoms with Crippen molar-refractivity contribution in [3.8, 4) is 0 Å². The minimum atomic E-state index is 0.702. The summed E-state index contributed by atoms with van der Waals surface area (Å²) in [6.45, 7) is 10.0. The van der Waals surface area contributed by atoms with Gasteiger partial charge in [-0.25, -0.2) is 4.98 Å². The summed E-state index contributed by atoms with van der Waals surface area (Å²) in [5.74, 6) is 1.55. The molecule has 1 saturated heterocycles. The van der Waals surface area contributed by atoms with E-state index in [9.17, 15) is 0 Å². The minimum Gasteiger partial charge on any atom is -0.348 e. The number of rotatable bonds is 7. The van der Waals surface area contributed by atoms with Crippen LogP contribution in [0.5, 0.6) is 0 Å². The van der Waals surface area contributed by atoms with E-state index in [2.05, 4.69) is 48.0 Å². The van der Waals surface area contributed by atoms with Crippen LogP contribution in [-0.4, -0.2) is 50.2 Å². The molecule has 0 unspecified atom stereocenters. The lowest BCUT2D eigenvalue weighted by Crippen LogP contribution is -2.37. The number of hydrogen-bond donors (Lipinski definition) is 1. The molecule has 1 aliphatic rings. The average Bonchev–Trinajstić information content (AvgIpc) is 2.87. The second-order valence-corrected chi connectivity index (χ2v) is 7.92. The van der Waals surface area contributed by atoms with Crippen LogP contribution in [0.1, 0.15) is 31.6 Å². The third-order valence-electron chi connectivity index (χ3n) is 3.90. The Hall–Kier alpha value is -0.650. The van der Waals surface area contributed by atoms with Gasteiger partial charge in [-0.3, -0.25) is 0 Å². The van der Waals surface area contributed by atoms with E-state index in [1.54, 1.807) is 0 Å². The van der Waals surface area contributed by atoms with Crippen molar-refractivity contribution in [3.05, 3.63) is 11.1 Å². The maximum absolute atomic E-state index is 4.62. The zero-order valence-electron chi connectivity index (χ0n) is 13.9. The molecule has 1 aliphatic heterocycles. The first-order valence-corrected chi connectivity index (χ1v) is 8.91. The van der Waals surface area contributed by atoms with Gasteiger partial charge in [0.15, 0.2) is 5.13 Å². The van der Waals surface area contributed by atoms with Crippen molar-refractivity contribution < 1.29 is 0 Å². The molecule has 2 rings (SSSR count). The molecule has 5 heteroatoms.